The summed E-state index contributed by atoms with van der Waals surface area (Å²) in [4.78, 5) is 10.6. The van der Waals surface area contributed by atoms with E-state index in [0.29, 0.717) is 23.7 Å². The largest absolute Gasteiger partial charge is 0.382 e. The van der Waals surface area contributed by atoms with Gasteiger partial charge in [-0.05, 0) is 12.1 Å². The first-order valence-electron chi connectivity index (χ1n) is 6.52. The summed E-state index contributed by atoms with van der Waals surface area (Å²) in [6, 6.07) is 3.72. The average molecular weight is 294 g/mol. The molecule has 2 aromatic rings. The molecule has 3 heterocycles. The van der Waals surface area contributed by atoms with Crippen LogP contribution < -0.4 is 4.90 Å². The highest BCUT2D eigenvalue weighted by molar-refractivity contribution is 6.30. The van der Waals surface area contributed by atoms with Gasteiger partial charge in [-0.15, -0.1) is 0 Å². The summed E-state index contributed by atoms with van der Waals surface area (Å²) in [7, 11) is 1.80. The van der Waals surface area contributed by atoms with Crippen LogP contribution in [0.25, 0.3) is 0 Å². The maximum Gasteiger partial charge on any atom is 0.158 e. The first-order chi connectivity index (χ1) is 9.58. The van der Waals surface area contributed by atoms with Crippen LogP contribution in [0.5, 0.6) is 0 Å². The van der Waals surface area contributed by atoms with Crippen molar-refractivity contribution >= 4 is 17.4 Å². The van der Waals surface area contributed by atoms with Crippen molar-refractivity contribution in [3.63, 3.8) is 0 Å². The summed E-state index contributed by atoms with van der Waals surface area (Å²) in [5, 5.41) is 15.4. The van der Waals surface area contributed by atoms with Gasteiger partial charge in [0.05, 0.1) is 5.02 Å². The number of piperidine rings is 1. The Morgan fingerprint density at radius 1 is 1.25 bits per heavy atom. The van der Waals surface area contributed by atoms with E-state index in [-0.39, 0.29) is 0 Å². The van der Waals surface area contributed by atoms with Crippen molar-refractivity contribution in [3.8, 4) is 0 Å². The second-order valence-electron chi connectivity index (χ2n) is 5.06. The van der Waals surface area contributed by atoms with E-state index in [2.05, 4.69) is 20.0 Å². The highest BCUT2D eigenvalue weighted by Gasteiger charge is 2.37. The molecule has 1 fully saturated rings. The molecule has 106 valence electrons. The molecule has 0 aromatic carbocycles. The van der Waals surface area contributed by atoms with Crippen molar-refractivity contribution in [2.75, 3.05) is 18.0 Å². The van der Waals surface area contributed by atoms with Crippen LogP contribution in [-0.2, 0) is 12.6 Å². The van der Waals surface area contributed by atoms with Gasteiger partial charge in [0, 0.05) is 39.2 Å². The van der Waals surface area contributed by atoms with Gasteiger partial charge in [-0.25, -0.2) is 9.97 Å². The van der Waals surface area contributed by atoms with Gasteiger partial charge in [-0.3, -0.25) is 4.68 Å². The number of aryl methyl sites for hydroxylation is 1. The zero-order valence-electron chi connectivity index (χ0n) is 11.2. The number of aliphatic hydroxyl groups is 1. The minimum absolute atomic E-state index is 0.601. The Balaban J connectivity index is 1.73. The molecule has 0 spiro atoms. The molecular formula is C13H16ClN5O. The van der Waals surface area contributed by atoms with E-state index in [1.54, 1.807) is 17.9 Å². The second kappa shape index (κ2) is 5.03. The molecule has 0 atom stereocenters. The summed E-state index contributed by atoms with van der Waals surface area (Å²) < 4.78 is 1.64. The average Bonchev–Trinajstić information content (AvgIpc) is 2.88. The predicted molar refractivity (Wildman–Crippen MR) is 75.6 cm³/mol. The molecule has 2 aromatic heterocycles. The van der Waals surface area contributed by atoms with E-state index in [1.165, 1.54) is 6.33 Å². The van der Waals surface area contributed by atoms with E-state index in [9.17, 15) is 5.11 Å². The minimum Gasteiger partial charge on any atom is -0.382 e. The van der Waals surface area contributed by atoms with Gasteiger partial charge in [-0.1, -0.05) is 11.6 Å². The van der Waals surface area contributed by atoms with Crippen LogP contribution in [0.2, 0.25) is 5.02 Å². The lowest BCUT2D eigenvalue weighted by molar-refractivity contribution is -0.000175. The predicted octanol–water partition coefficient (Wildman–Crippen LogP) is 1.35. The van der Waals surface area contributed by atoms with Crippen LogP contribution in [0.4, 0.5) is 5.82 Å². The first-order valence-corrected chi connectivity index (χ1v) is 6.90. The molecule has 1 saturated heterocycles. The Hall–Kier alpha value is -1.66. The molecule has 1 N–H and O–H groups in total. The summed E-state index contributed by atoms with van der Waals surface area (Å²) in [5.74, 6) is 1.51. The molecule has 1 aliphatic heterocycles. The van der Waals surface area contributed by atoms with Crippen molar-refractivity contribution in [2.24, 2.45) is 7.05 Å². The van der Waals surface area contributed by atoms with Gasteiger partial charge in [0.25, 0.3) is 0 Å². The van der Waals surface area contributed by atoms with Gasteiger partial charge in [0.15, 0.2) is 5.82 Å². The lowest BCUT2D eigenvalue weighted by Crippen LogP contribution is -2.44. The summed E-state index contributed by atoms with van der Waals surface area (Å²) in [6.45, 7) is 1.44. The first kappa shape index (κ1) is 13.3. The minimum atomic E-state index is -0.909. The Labute approximate surface area is 122 Å². The van der Waals surface area contributed by atoms with Crippen LogP contribution in [-0.4, -0.2) is 37.9 Å². The molecule has 0 aliphatic carbocycles. The lowest BCUT2D eigenvalue weighted by atomic mass is 9.90. The molecule has 6 nitrogen and oxygen atoms in total. The van der Waals surface area contributed by atoms with Crippen molar-refractivity contribution in [2.45, 2.75) is 18.4 Å². The molecule has 20 heavy (non-hydrogen) atoms. The fraction of sp³-hybridized carbons (Fsp3) is 0.462. The fourth-order valence-electron chi connectivity index (χ4n) is 2.60. The number of pyridine rings is 1. The summed E-state index contributed by atoms with van der Waals surface area (Å²) >= 11 is 5.84. The van der Waals surface area contributed by atoms with Crippen LogP contribution in [0, 0.1) is 0 Å². The number of hydrogen-bond donors (Lipinski definition) is 1. The van der Waals surface area contributed by atoms with Crippen LogP contribution in [0.1, 0.15) is 18.7 Å². The third kappa shape index (κ3) is 2.36. The van der Waals surface area contributed by atoms with Gasteiger partial charge in [0.1, 0.15) is 17.7 Å². The number of anilines is 1. The Kier molecular flexibility index (Phi) is 3.35. The molecule has 3 rings (SSSR count). The number of rotatable bonds is 2. The van der Waals surface area contributed by atoms with Crippen LogP contribution in [0.15, 0.2) is 24.7 Å². The monoisotopic (exact) mass is 293 g/mol. The van der Waals surface area contributed by atoms with E-state index in [4.69, 9.17) is 11.6 Å². The van der Waals surface area contributed by atoms with E-state index < -0.39 is 5.60 Å². The molecule has 0 amide bonds. The number of hydrogen-bond acceptors (Lipinski definition) is 5. The van der Waals surface area contributed by atoms with Crippen molar-refractivity contribution in [3.05, 3.63) is 35.5 Å². The topological polar surface area (TPSA) is 67.1 Å². The molecule has 0 unspecified atom stereocenters. The number of halogens is 1. The van der Waals surface area contributed by atoms with Crippen molar-refractivity contribution in [1.82, 2.24) is 19.7 Å². The maximum absolute atomic E-state index is 10.7. The van der Waals surface area contributed by atoms with E-state index in [1.807, 2.05) is 12.1 Å². The highest BCUT2D eigenvalue weighted by Crippen LogP contribution is 2.32. The second-order valence-corrected chi connectivity index (χ2v) is 5.50. The number of nitrogens with zero attached hydrogens (tertiary/aromatic N) is 5. The zero-order valence-corrected chi connectivity index (χ0v) is 12.0. The summed E-state index contributed by atoms with van der Waals surface area (Å²) in [6.07, 6.45) is 4.31. The molecule has 0 saturated carbocycles. The molecule has 1 aliphatic rings. The quantitative estimate of drug-likeness (QED) is 0.905. The molecule has 0 radical (unpaired) electrons. The van der Waals surface area contributed by atoms with Crippen LogP contribution in [0.3, 0.4) is 0 Å². The van der Waals surface area contributed by atoms with Crippen molar-refractivity contribution in [1.29, 1.82) is 0 Å². The van der Waals surface area contributed by atoms with Gasteiger partial charge < -0.3 is 10.0 Å². The summed E-state index contributed by atoms with van der Waals surface area (Å²) in [5.41, 5.74) is -0.909. The molecule has 7 heteroatoms. The molecular weight excluding hydrogens is 278 g/mol. The highest BCUT2D eigenvalue weighted by atomic mass is 35.5. The van der Waals surface area contributed by atoms with Gasteiger partial charge >= 0.3 is 0 Å². The lowest BCUT2D eigenvalue weighted by Gasteiger charge is -2.37. The van der Waals surface area contributed by atoms with Gasteiger partial charge in [0.2, 0.25) is 0 Å². The normalized spacial score (nSPS) is 18.2. The third-order valence-electron chi connectivity index (χ3n) is 3.75. The van der Waals surface area contributed by atoms with Crippen molar-refractivity contribution < 1.29 is 5.11 Å². The zero-order chi connectivity index (χ0) is 14.2. The van der Waals surface area contributed by atoms with E-state index in [0.717, 1.165) is 18.9 Å². The SMILES string of the molecule is Cn1ncnc1C1(O)CCN(c2ccc(Cl)cn2)CC1. The third-order valence-corrected chi connectivity index (χ3v) is 3.98. The van der Waals surface area contributed by atoms with Gasteiger partial charge in [-0.2, -0.15) is 5.10 Å². The number of aromatic nitrogens is 4. The Morgan fingerprint density at radius 3 is 2.55 bits per heavy atom. The maximum atomic E-state index is 10.7. The van der Waals surface area contributed by atoms with E-state index >= 15 is 0 Å². The smallest absolute Gasteiger partial charge is 0.158 e. The van der Waals surface area contributed by atoms with Crippen LogP contribution >= 0.6 is 11.6 Å². The Bertz CT molecular complexity index is 589. The fourth-order valence-corrected chi connectivity index (χ4v) is 2.71. The Morgan fingerprint density at radius 2 is 2.00 bits per heavy atom. The standard InChI is InChI=1S/C13H16ClN5O/c1-18-12(16-9-17-18)13(20)4-6-19(7-5-13)11-3-2-10(14)8-15-11/h2-3,8-9,20H,4-7H2,1H3. The molecule has 0 bridgehead atoms.